The Morgan fingerprint density at radius 3 is 2.45 bits per heavy atom. The van der Waals surface area contributed by atoms with E-state index in [9.17, 15) is 4.79 Å². The monoisotopic (exact) mass is 357 g/mol. The van der Waals surface area contributed by atoms with Crippen LogP contribution in [-0.2, 0) is 6.54 Å². The molecular formula is C18H16BrNO2. The van der Waals surface area contributed by atoms with Crippen LogP contribution in [0.25, 0.3) is 11.0 Å². The van der Waals surface area contributed by atoms with E-state index in [2.05, 4.69) is 34.2 Å². The van der Waals surface area contributed by atoms with Crippen molar-refractivity contribution in [2.45, 2.75) is 20.4 Å². The van der Waals surface area contributed by atoms with E-state index in [1.165, 1.54) is 5.56 Å². The van der Waals surface area contributed by atoms with Gasteiger partial charge < -0.3 is 9.73 Å². The molecule has 1 N–H and O–H groups in total. The predicted octanol–water partition coefficient (Wildman–Crippen LogP) is 4.78. The van der Waals surface area contributed by atoms with Crippen molar-refractivity contribution in [2.75, 3.05) is 5.32 Å². The Labute approximate surface area is 137 Å². The molecule has 1 heterocycles. The normalized spacial score (nSPS) is 10.9. The topological polar surface area (TPSA) is 42.2 Å². The molecule has 1 aromatic heterocycles. The van der Waals surface area contributed by atoms with Crippen LogP contribution in [0.5, 0.6) is 0 Å². The Balaban J connectivity index is 1.97. The number of hydrogen-bond donors (Lipinski definition) is 1. The minimum absolute atomic E-state index is 0.316. The molecule has 3 aromatic rings. The smallest absolute Gasteiger partial charge is 0.336 e. The Bertz CT molecular complexity index is 882. The summed E-state index contributed by atoms with van der Waals surface area (Å²) in [4.78, 5) is 11.8. The number of fused-ring (bicyclic) bond motifs is 1. The van der Waals surface area contributed by atoms with Gasteiger partial charge >= 0.3 is 5.63 Å². The molecule has 0 fully saturated rings. The quantitative estimate of drug-likeness (QED) is 0.685. The summed E-state index contributed by atoms with van der Waals surface area (Å²) in [7, 11) is 0. The van der Waals surface area contributed by atoms with Crippen molar-refractivity contribution in [3.8, 4) is 0 Å². The van der Waals surface area contributed by atoms with E-state index >= 15 is 0 Å². The molecule has 0 aliphatic rings. The van der Waals surface area contributed by atoms with Gasteiger partial charge in [0.15, 0.2) is 0 Å². The number of benzene rings is 2. The van der Waals surface area contributed by atoms with E-state index in [0.717, 1.165) is 26.7 Å². The Morgan fingerprint density at radius 2 is 1.73 bits per heavy atom. The van der Waals surface area contributed by atoms with Gasteiger partial charge in [-0.3, -0.25) is 0 Å². The fraction of sp³-hybridized carbons (Fsp3) is 0.167. The fourth-order valence-corrected chi connectivity index (χ4v) is 2.66. The van der Waals surface area contributed by atoms with E-state index in [1.54, 1.807) is 6.07 Å². The molecule has 0 saturated carbocycles. The Morgan fingerprint density at radius 1 is 1.05 bits per heavy atom. The zero-order valence-corrected chi connectivity index (χ0v) is 14.0. The second-order valence-electron chi connectivity index (χ2n) is 5.38. The third kappa shape index (κ3) is 3.07. The molecule has 112 valence electrons. The average molecular weight is 358 g/mol. The predicted molar refractivity (Wildman–Crippen MR) is 93.4 cm³/mol. The van der Waals surface area contributed by atoms with E-state index in [0.29, 0.717) is 12.1 Å². The van der Waals surface area contributed by atoms with Gasteiger partial charge in [0.1, 0.15) is 5.58 Å². The molecule has 0 amide bonds. The summed E-state index contributed by atoms with van der Waals surface area (Å²) in [5.41, 5.74) is 4.58. The standard InChI is InChI=1S/C18H16BrNO2/c1-11-7-16-13(9-18(21)22-17(16)8-12(11)2)10-20-15-5-3-14(19)4-6-15/h3-9,20H,10H2,1-2H3. The van der Waals surface area contributed by atoms with Crippen LogP contribution in [0.2, 0.25) is 0 Å². The van der Waals surface area contributed by atoms with Gasteiger partial charge in [-0.1, -0.05) is 15.9 Å². The maximum absolute atomic E-state index is 11.8. The first-order valence-electron chi connectivity index (χ1n) is 7.06. The molecule has 0 atom stereocenters. The summed E-state index contributed by atoms with van der Waals surface area (Å²) < 4.78 is 6.35. The van der Waals surface area contributed by atoms with Crippen LogP contribution in [0.3, 0.4) is 0 Å². The first-order valence-corrected chi connectivity index (χ1v) is 7.85. The molecule has 4 heteroatoms. The summed E-state index contributed by atoms with van der Waals surface area (Å²) in [6, 6.07) is 13.5. The summed E-state index contributed by atoms with van der Waals surface area (Å²) >= 11 is 3.42. The third-order valence-corrected chi connectivity index (χ3v) is 4.30. The van der Waals surface area contributed by atoms with Crippen LogP contribution in [0.1, 0.15) is 16.7 Å². The second-order valence-corrected chi connectivity index (χ2v) is 6.30. The van der Waals surface area contributed by atoms with Crippen LogP contribution < -0.4 is 10.9 Å². The lowest BCUT2D eigenvalue weighted by molar-refractivity contribution is 0.559. The number of aryl methyl sites for hydroxylation is 2. The molecule has 0 unspecified atom stereocenters. The molecule has 0 bridgehead atoms. The van der Waals surface area contributed by atoms with Crippen LogP contribution >= 0.6 is 15.9 Å². The molecule has 0 aliphatic heterocycles. The molecule has 0 spiro atoms. The summed E-state index contributed by atoms with van der Waals surface area (Å²) in [5, 5.41) is 4.32. The van der Waals surface area contributed by atoms with E-state index in [-0.39, 0.29) is 5.63 Å². The van der Waals surface area contributed by atoms with Crippen LogP contribution in [-0.4, -0.2) is 0 Å². The molecule has 0 radical (unpaired) electrons. The Hall–Kier alpha value is -2.07. The molecule has 3 nitrogen and oxygen atoms in total. The SMILES string of the molecule is Cc1cc2oc(=O)cc(CNc3ccc(Br)cc3)c2cc1C. The molecule has 0 saturated heterocycles. The van der Waals surface area contributed by atoms with Gasteiger partial charge in [-0.25, -0.2) is 4.79 Å². The van der Waals surface area contributed by atoms with Crippen LogP contribution in [0.15, 0.2) is 56.1 Å². The molecular weight excluding hydrogens is 342 g/mol. The van der Waals surface area contributed by atoms with Crippen molar-refractivity contribution in [3.63, 3.8) is 0 Å². The van der Waals surface area contributed by atoms with E-state index < -0.39 is 0 Å². The highest BCUT2D eigenvalue weighted by molar-refractivity contribution is 9.10. The van der Waals surface area contributed by atoms with E-state index in [4.69, 9.17) is 4.42 Å². The highest BCUT2D eigenvalue weighted by Crippen LogP contribution is 2.22. The highest BCUT2D eigenvalue weighted by atomic mass is 79.9. The maximum atomic E-state index is 11.8. The van der Waals surface area contributed by atoms with E-state index in [1.807, 2.05) is 37.3 Å². The molecule has 2 aromatic carbocycles. The number of anilines is 1. The largest absolute Gasteiger partial charge is 0.423 e. The van der Waals surface area contributed by atoms with Gasteiger partial charge in [0.05, 0.1) is 0 Å². The summed E-state index contributed by atoms with van der Waals surface area (Å²) in [6.45, 7) is 4.65. The van der Waals surface area contributed by atoms with Gasteiger partial charge in [-0.2, -0.15) is 0 Å². The fourth-order valence-electron chi connectivity index (χ4n) is 2.39. The van der Waals surface area contributed by atoms with Gasteiger partial charge in [0.2, 0.25) is 0 Å². The van der Waals surface area contributed by atoms with Crippen molar-refractivity contribution in [1.82, 2.24) is 0 Å². The van der Waals surface area contributed by atoms with Crippen molar-refractivity contribution in [3.05, 3.63) is 74.0 Å². The first-order chi connectivity index (χ1) is 10.5. The minimum Gasteiger partial charge on any atom is -0.423 e. The second kappa shape index (κ2) is 5.97. The minimum atomic E-state index is -0.316. The van der Waals surface area contributed by atoms with Crippen LogP contribution in [0, 0.1) is 13.8 Å². The van der Waals surface area contributed by atoms with Crippen molar-refractivity contribution < 1.29 is 4.42 Å². The van der Waals surface area contributed by atoms with Gasteiger partial charge in [0.25, 0.3) is 0 Å². The molecule has 3 rings (SSSR count). The number of rotatable bonds is 3. The third-order valence-electron chi connectivity index (χ3n) is 3.77. The van der Waals surface area contributed by atoms with Crippen molar-refractivity contribution >= 4 is 32.6 Å². The number of nitrogens with one attached hydrogen (secondary N) is 1. The summed E-state index contributed by atoms with van der Waals surface area (Å²) in [5.74, 6) is 0. The lowest BCUT2D eigenvalue weighted by atomic mass is 10.0. The lowest BCUT2D eigenvalue weighted by Crippen LogP contribution is -2.06. The lowest BCUT2D eigenvalue weighted by Gasteiger charge is -2.10. The summed E-state index contributed by atoms with van der Waals surface area (Å²) in [6.07, 6.45) is 0. The zero-order valence-electron chi connectivity index (χ0n) is 12.4. The highest BCUT2D eigenvalue weighted by Gasteiger charge is 2.07. The van der Waals surface area contributed by atoms with Crippen molar-refractivity contribution in [2.24, 2.45) is 0 Å². The number of hydrogen-bond acceptors (Lipinski definition) is 3. The van der Waals surface area contributed by atoms with Gasteiger partial charge in [0, 0.05) is 28.2 Å². The first kappa shape index (κ1) is 14.9. The zero-order chi connectivity index (χ0) is 15.7. The van der Waals surface area contributed by atoms with Gasteiger partial charge in [-0.05, 0) is 66.9 Å². The Kier molecular flexibility index (Phi) is 4.03. The number of halogens is 1. The average Bonchev–Trinajstić information content (AvgIpc) is 2.48. The van der Waals surface area contributed by atoms with Crippen molar-refractivity contribution in [1.29, 1.82) is 0 Å². The maximum Gasteiger partial charge on any atom is 0.336 e. The molecule has 22 heavy (non-hydrogen) atoms. The molecule has 0 aliphatic carbocycles. The van der Waals surface area contributed by atoms with Gasteiger partial charge in [-0.15, -0.1) is 0 Å². The van der Waals surface area contributed by atoms with Crippen LogP contribution in [0.4, 0.5) is 5.69 Å².